The fourth-order valence-corrected chi connectivity index (χ4v) is 4.96. The number of hydrogen-bond acceptors (Lipinski definition) is 5. The maximum Gasteiger partial charge on any atom is 0.267 e. The Morgan fingerprint density at radius 3 is 2.46 bits per heavy atom. The third kappa shape index (κ3) is 5.98. The lowest BCUT2D eigenvalue weighted by Gasteiger charge is -2.24. The van der Waals surface area contributed by atoms with E-state index in [0.717, 1.165) is 22.7 Å². The molecule has 1 aliphatic carbocycles. The number of hydrogen-bond donors (Lipinski definition) is 2. The summed E-state index contributed by atoms with van der Waals surface area (Å²) in [6.07, 6.45) is 10.4. The molecule has 2 aromatic carbocycles. The molecule has 1 aliphatic heterocycles. The first-order valence-electron chi connectivity index (χ1n) is 13.4. The van der Waals surface area contributed by atoms with E-state index in [1.165, 1.54) is 37.7 Å². The van der Waals surface area contributed by atoms with Gasteiger partial charge >= 0.3 is 0 Å². The van der Waals surface area contributed by atoms with E-state index in [2.05, 4.69) is 34.9 Å². The van der Waals surface area contributed by atoms with Crippen LogP contribution in [0.3, 0.4) is 0 Å². The van der Waals surface area contributed by atoms with Crippen LogP contribution in [-0.2, 0) is 11.8 Å². The van der Waals surface area contributed by atoms with Crippen molar-refractivity contribution in [2.24, 2.45) is 7.05 Å². The summed E-state index contributed by atoms with van der Waals surface area (Å²) in [5.41, 5.74) is 4.90. The summed E-state index contributed by atoms with van der Waals surface area (Å²) in [7, 11) is 5.51. The summed E-state index contributed by atoms with van der Waals surface area (Å²) in [6, 6.07) is 14.7. The second-order valence-corrected chi connectivity index (χ2v) is 9.42. The van der Waals surface area contributed by atoms with Crippen molar-refractivity contribution in [3.05, 3.63) is 71.6 Å². The van der Waals surface area contributed by atoms with Crippen LogP contribution in [0.1, 0.15) is 57.4 Å². The van der Waals surface area contributed by atoms with E-state index in [1.54, 1.807) is 13.1 Å². The molecule has 196 valence electrons. The lowest BCUT2D eigenvalue weighted by atomic mass is 9.84. The topological polar surface area (TPSA) is 71.4 Å². The number of benzene rings is 2. The summed E-state index contributed by atoms with van der Waals surface area (Å²) in [5, 5.41) is 6.13. The van der Waals surface area contributed by atoms with Crippen molar-refractivity contribution < 1.29 is 9.53 Å². The Bertz CT molecular complexity index is 1280. The number of nitrogens with one attached hydrogen (secondary N) is 2. The zero-order valence-electron chi connectivity index (χ0n) is 22.7. The van der Waals surface area contributed by atoms with Crippen LogP contribution >= 0.6 is 0 Å². The van der Waals surface area contributed by atoms with E-state index in [9.17, 15) is 4.79 Å². The predicted molar refractivity (Wildman–Crippen MR) is 151 cm³/mol. The number of aromatic nitrogens is 2. The van der Waals surface area contributed by atoms with Crippen molar-refractivity contribution in [2.45, 2.75) is 51.9 Å². The zero-order chi connectivity index (χ0) is 26.4. The van der Waals surface area contributed by atoms with E-state index < -0.39 is 0 Å². The molecule has 1 aromatic heterocycles. The minimum atomic E-state index is -0.135. The number of rotatable bonds is 6. The van der Waals surface area contributed by atoms with Crippen LogP contribution < -0.4 is 15.4 Å². The van der Waals surface area contributed by atoms with Crippen LogP contribution in [0.5, 0.6) is 5.75 Å². The van der Waals surface area contributed by atoms with Gasteiger partial charge in [-0.25, -0.2) is 4.98 Å². The SMILES string of the molecule is CC.CNC(=O)C1=CC(Oc2ccc3c(c2)nc(Nc2ccc(C4CCCCC4)cc2)n3C)=CCN1C. The Hall–Kier alpha value is -3.74. The maximum atomic E-state index is 12.1. The lowest BCUT2D eigenvalue weighted by Crippen LogP contribution is -2.33. The van der Waals surface area contributed by atoms with E-state index in [0.29, 0.717) is 29.7 Å². The fraction of sp³-hybridized carbons (Fsp3) is 0.400. The molecule has 1 amide bonds. The summed E-state index contributed by atoms with van der Waals surface area (Å²) in [4.78, 5) is 18.8. The molecular formula is C30H39N5O2. The molecule has 5 rings (SSSR count). The highest BCUT2D eigenvalue weighted by molar-refractivity contribution is 5.93. The molecule has 2 aliphatic rings. The van der Waals surface area contributed by atoms with Crippen molar-refractivity contribution in [2.75, 3.05) is 26.0 Å². The predicted octanol–water partition coefficient (Wildman–Crippen LogP) is 6.23. The Kier molecular flexibility index (Phi) is 8.54. The Morgan fingerprint density at radius 1 is 1.03 bits per heavy atom. The highest BCUT2D eigenvalue weighted by atomic mass is 16.5. The van der Waals surface area contributed by atoms with Gasteiger partial charge in [0.25, 0.3) is 5.91 Å². The van der Waals surface area contributed by atoms with E-state index in [-0.39, 0.29) is 5.91 Å². The van der Waals surface area contributed by atoms with Crippen LogP contribution in [0.4, 0.5) is 11.6 Å². The number of imidazole rings is 1. The number of likely N-dealkylation sites (N-methyl/N-ethyl adjacent to an activating group) is 2. The Labute approximate surface area is 220 Å². The van der Waals surface area contributed by atoms with Gasteiger partial charge in [-0.3, -0.25) is 4.79 Å². The highest BCUT2D eigenvalue weighted by Crippen LogP contribution is 2.33. The van der Waals surface area contributed by atoms with Crippen molar-refractivity contribution in [1.29, 1.82) is 0 Å². The molecule has 0 bridgehead atoms. The molecule has 7 heteroatoms. The number of ether oxygens (including phenoxy) is 1. The van der Waals surface area contributed by atoms with Crippen molar-refractivity contribution in [3.63, 3.8) is 0 Å². The van der Waals surface area contributed by atoms with Crippen LogP contribution in [0, 0.1) is 0 Å². The molecule has 0 atom stereocenters. The second-order valence-electron chi connectivity index (χ2n) is 9.42. The first-order valence-corrected chi connectivity index (χ1v) is 13.4. The third-order valence-electron chi connectivity index (χ3n) is 7.05. The van der Waals surface area contributed by atoms with E-state index in [1.807, 2.05) is 61.7 Å². The number of fused-ring (bicyclic) bond motifs is 1. The van der Waals surface area contributed by atoms with Gasteiger partial charge in [0.2, 0.25) is 5.95 Å². The van der Waals surface area contributed by atoms with Crippen LogP contribution in [-0.4, -0.2) is 41.0 Å². The van der Waals surface area contributed by atoms with Gasteiger partial charge < -0.3 is 24.8 Å². The number of carbonyl (C=O) groups is 1. The molecule has 2 heterocycles. The first-order chi connectivity index (χ1) is 18.0. The van der Waals surface area contributed by atoms with Crippen molar-refractivity contribution >= 4 is 28.6 Å². The highest BCUT2D eigenvalue weighted by Gasteiger charge is 2.18. The van der Waals surface area contributed by atoms with E-state index in [4.69, 9.17) is 9.72 Å². The van der Waals surface area contributed by atoms with Crippen LogP contribution in [0.15, 0.2) is 66.1 Å². The Morgan fingerprint density at radius 2 is 1.76 bits per heavy atom. The quantitative estimate of drug-likeness (QED) is 0.419. The van der Waals surface area contributed by atoms with Gasteiger partial charge in [0.05, 0.1) is 11.0 Å². The first kappa shape index (κ1) is 26.3. The van der Waals surface area contributed by atoms with E-state index >= 15 is 0 Å². The molecule has 3 aromatic rings. The number of anilines is 2. The molecule has 0 saturated heterocycles. The largest absolute Gasteiger partial charge is 0.457 e. The molecule has 0 unspecified atom stereocenters. The molecule has 2 N–H and O–H groups in total. The van der Waals surface area contributed by atoms with Gasteiger partial charge in [-0.1, -0.05) is 45.2 Å². The van der Waals surface area contributed by atoms with Gasteiger partial charge in [0, 0.05) is 45.5 Å². The Balaban J connectivity index is 0.00000156. The lowest BCUT2D eigenvalue weighted by molar-refractivity contribution is -0.118. The van der Waals surface area contributed by atoms with Gasteiger partial charge in [-0.15, -0.1) is 0 Å². The van der Waals surface area contributed by atoms with Crippen molar-refractivity contribution in [1.82, 2.24) is 19.8 Å². The monoisotopic (exact) mass is 501 g/mol. The summed E-state index contributed by atoms with van der Waals surface area (Å²) in [6.45, 7) is 4.61. The normalized spacial score (nSPS) is 15.9. The van der Waals surface area contributed by atoms with Crippen LogP contribution in [0.2, 0.25) is 0 Å². The van der Waals surface area contributed by atoms with Crippen molar-refractivity contribution in [3.8, 4) is 5.75 Å². The fourth-order valence-electron chi connectivity index (χ4n) is 4.96. The van der Waals surface area contributed by atoms with Gasteiger partial charge in [-0.2, -0.15) is 0 Å². The van der Waals surface area contributed by atoms with Crippen LogP contribution in [0.25, 0.3) is 11.0 Å². The molecule has 0 radical (unpaired) electrons. The standard InChI is InChI=1S/C28H33N5O2.C2H6/c1-29-27(34)26-18-23(15-16-32(26)2)35-22-13-14-25-24(17-22)31-28(33(25)3)30-21-11-9-20(10-12-21)19-7-5-4-6-8-19;1-2/h9-15,17-19H,4-8,16H2,1-3H3,(H,29,34)(H,30,31);1-2H3. The number of aryl methyl sites for hydroxylation is 1. The maximum absolute atomic E-state index is 12.1. The molecule has 7 nitrogen and oxygen atoms in total. The number of amides is 1. The van der Waals surface area contributed by atoms with Gasteiger partial charge in [-0.05, 0) is 54.7 Å². The smallest absolute Gasteiger partial charge is 0.267 e. The minimum Gasteiger partial charge on any atom is -0.457 e. The van der Waals surface area contributed by atoms with Gasteiger partial charge in [0.1, 0.15) is 17.2 Å². The summed E-state index contributed by atoms with van der Waals surface area (Å²) < 4.78 is 8.13. The summed E-state index contributed by atoms with van der Waals surface area (Å²) in [5.74, 6) is 2.68. The molecule has 0 spiro atoms. The molecule has 37 heavy (non-hydrogen) atoms. The molecule has 1 saturated carbocycles. The average molecular weight is 502 g/mol. The van der Waals surface area contributed by atoms with Gasteiger partial charge in [0.15, 0.2) is 0 Å². The number of allylic oxidation sites excluding steroid dienone is 1. The molecular weight excluding hydrogens is 462 g/mol. The second kappa shape index (κ2) is 12.0. The number of nitrogens with zero attached hydrogens (tertiary/aromatic N) is 3. The number of carbonyl (C=O) groups excluding carboxylic acids is 1. The zero-order valence-corrected chi connectivity index (χ0v) is 22.7. The minimum absolute atomic E-state index is 0.135. The third-order valence-corrected chi connectivity index (χ3v) is 7.05. The summed E-state index contributed by atoms with van der Waals surface area (Å²) >= 11 is 0. The average Bonchev–Trinajstić information content (AvgIpc) is 3.25. The molecule has 1 fully saturated rings.